The van der Waals surface area contributed by atoms with Gasteiger partial charge in [0.2, 0.25) is 12.4 Å². The molecule has 0 spiro atoms. The van der Waals surface area contributed by atoms with Crippen LogP contribution in [-0.2, 0) is 33.3 Å². The maximum absolute atomic E-state index is 12.0. The van der Waals surface area contributed by atoms with E-state index in [0.29, 0.717) is 11.5 Å². The Morgan fingerprint density at radius 2 is 1.23 bits per heavy atom. The molecule has 0 aromatic heterocycles. The molecule has 2 aliphatic heterocycles. The van der Waals surface area contributed by atoms with E-state index in [1.807, 2.05) is 48.5 Å². The topological polar surface area (TPSA) is 107 Å². The Hall–Kier alpha value is -3.85. The molecule has 5 rings (SSSR count). The largest absolute Gasteiger partial charge is 0.475 e. The van der Waals surface area contributed by atoms with Gasteiger partial charge in [-0.1, -0.05) is 48.5 Å². The summed E-state index contributed by atoms with van der Waals surface area (Å²) in [6.07, 6.45) is -5.09. The van der Waals surface area contributed by atoms with Crippen LogP contribution in [0.1, 0.15) is 20.8 Å². The van der Waals surface area contributed by atoms with Crippen molar-refractivity contribution < 1.29 is 42.8 Å². The van der Waals surface area contributed by atoms with Crippen LogP contribution in [0, 0.1) is 0 Å². The number of esters is 3. The zero-order valence-electron chi connectivity index (χ0n) is 19.4. The second-order valence-corrected chi connectivity index (χ2v) is 8.44. The monoisotopic (exact) mass is 480 g/mol. The van der Waals surface area contributed by atoms with E-state index in [1.165, 1.54) is 20.8 Å². The highest BCUT2D eigenvalue weighted by Crippen LogP contribution is 2.48. The van der Waals surface area contributed by atoms with Crippen LogP contribution in [0.2, 0.25) is 0 Å². The third kappa shape index (κ3) is 4.23. The van der Waals surface area contributed by atoms with E-state index < -0.39 is 48.6 Å². The molecule has 0 amide bonds. The molecule has 1 fully saturated rings. The van der Waals surface area contributed by atoms with Gasteiger partial charge in [0.25, 0.3) is 0 Å². The van der Waals surface area contributed by atoms with E-state index in [4.69, 9.17) is 28.4 Å². The minimum atomic E-state index is -1.09. The number of ether oxygens (including phenoxy) is 6. The van der Waals surface area contributed by atoms with Gasteiger partial charge < -0.3 is 28.4 Å². The highest BCUT2D eigenvalue weighted by molar-refractivity contribution is 6.13. The molecule has 3 aromatic carbocycles. The second-order valence-electron chi connectivity index (χ2n) is 8.44. The van der Waals surface area contributed by atoms with Gasteiger partial charge in [-0.3, -0.25) is 14.4 Å². The number of rotatable bonds is 4. The Morgan fingerprint density at radius 1 is 0.714 bits per heavy atom. The molecule has 9 nitrogen and oxygen atoms in total. The SMILES string of the molecule is CC(=O)OC[C@@H]1O[C@@H]2Oc3c(c4ccccc4c4ccccc34)O[C@@H]2[C@H](OC(C)=O)[C@H]1OC(C)=O. The first-order valence-electron chi connectivity index (χ1n) is 11.2. The van der Waals surface area contributed by atoms with Crippen LogP contribution in [0.15, 0.2) is 48.5 Å². The van der Waals surface area contributed by atoms with Crippen molar-refractivity contribution in [2.45, 2.75) is 51.5 Å². The van der Waals surface area contributed by atoms with Crippen molar-refractivity contribution in [3.8, 4) is 11.5 Å². The smallest absolute Gasteiger partial charge is 0.303 e. The molecular weight excluding hydrogens is 456 g/mol. The summed E-state index contributed by atoms with van der Waals surface area (Å²) in [5.41, 5.74) is 0. The standard InChI is InChI=1S/C26H24O9/c1-13(27)30-12-20-23(31-14(2)28)24(32-15(3)29)25-26(33-20)35-22-19-11-7-5-9-17(19)16-8-4-6-10-18(16)21(22)34-25/h4-11,20,23-26H,12H2,1-3H3/t20-,23-,24+,25+,26+/m0/s1. The average Bonchev–Trinajstić information content (AvgIpc) is 2.83. The van der Waals surface area contributed by atoms with Crippen molar-refractivity contribution in [3.63, 3.8) is 0 Å². The molecule has 0 aliphatic carbocycles. The minimum Gasteiger partial charge on any atom is -0.475 e. The van der Waals surface area contributed by atoms with Gasteiger partial charge in [0, 0.05) is 31.5 Å². The van der Waals surface area contributed by atoms with Gasteiger partial charge in [0.1, 0.15) is 12.7 Å². The zero-order valence-corrected chi connectivity index (χ0v) is 19.4. The Bertz CT molecular complexity index is 1320. The summed E-state index contributed by atoms with van der Waals surface area (Å²) in [4.78, 5) is 35.4. The molecule has 2 aliphatic rings. The van der Waals surface area contributed by atoms with Crippen molar-refractivity contribution in [2.24, 2.45) is 0 Å². The first kappa shape index (κ1) is 22.9. The summed E-state index contributed by atoms with van der Waals surface area (Å²) < 4.78 is 35.1. The Balaban J connectivity index is 1.63. The van der Waals surface area contributed by atoms with Crippen LogP contribution in [-0.4, -0.2) is 55.2 Å². The maximum Gasteiger partial charge on any atom is 0.303 e. The molecule has 0 unspecified atom stereocenters. The molecule has 5 atom stereocenters. The number of hydrogen-bond acceptors (Lipinski definition) is 9. The van der Waals surface area contributed by atoms with Gasteiger partial charge >= 0.3 is 17.9 Å². The lowest BCUT2D eigenvalue weighted by Gasteiger charge is -2.46. The van der Waals surface area contributed by atoms with Crippen LogP contribution in [0.3, 0.4) is 0 Å². The van der Waals surface area contributed by atoms with Crippen molar-refractivity contribution >= 4 is 39.5 Å². The lowest BCUT2D eigenvalue weighted by molar-refractivity contribution is -0.286. The normalized spacial score (nSPS) is 24.9. The van der Waals surface area contributed by atoms with Gasteiger partial charge in [-0.15, -0.1) is 0 Å². The lowest BCUT2D eigenvalue weighted by atomic mass is 9.95. The molecule has 3 aromatic rings. The summed E-state index contributed by atoms with van der Waals surface area (Å²) in [5.74, 6) is -0.794. The molecule has 9 heteroatoms. The van der Waals surface area contributed by atoms with E-state index in [1.54, 1.807) is 0 Å². The summed E-state index contributed by atoms with van der Waals surface area (Å²) in [5, 5.41) is 3.58. The van der Waals surface area contributed by atoms with Crippen molar-refractivity contribution in [1.82, 2.24) is 0 Å². The van der Waals surface area contributed by atoms with Gasteiger partial charge in [-0.2, -0.15) is 0 Å². The van der Waals surface area contributed by atoms with Crippen LogP contribution in [0.4, 0.5) is 0 Å². The van der Waals surface area contributed by atoms with Gasteiger partial charge in [-0.25, -0.2) is 0 Å². The summed E-state index contributed by atoms with van der Waals surface area (Å²) in [6, 6.07) is 15.5. The van der Waals surface area contributed by atoms with E-state index in [-0.39, 0.29) is 6.61 Å². The summed E-state index contributed by atoms with van der Waals surface area (Å²) in [7, 11) is 0. The van der Waals surface area contributed by atoms with Crippen LogP contribution in [0.5, 0.6) is 11.5 Å². The van der Waals surface area contributed by atoms with Gasteiger partial charge in [-0.05, 0) is 10.8 Å². The molecule has 1 saturated heterocycles. The molecule has 0 saturated carbocycles. The van der Waals surface area contributed by atoms with Crippen molar-refractivity contribution in [3.05, 3.63) is 48.5 Å². The van der Waals surface area contributed by atoms with Gasteiger partial charge in [0.05, 0.1) is 0 Å². The number of fused-ring (bicyclic) bond motifs is 7. The maximum atomic E-state index is 12.0. The van der Waals surface area contributed by atoms with Crippen molar-refractivity contribution in [2.75, 3.05) is 6.61 Å². The van der Waals surface area contributed by atoms with Crippen LogP contribution in [0.25, 0.3) is 21.5 Å². The molecule has 0 N–H and O–H groups in total. The lowest BCUT2D eigenvalue weighted by Crippen LogP contribution is -2.65. The number of benzene rings is 3. The highest BCUT2D eigenvalue weighted by Gasteiger charge is 2.55. The molecule has 0 radical (unpaired) electrons. The number of hydrogen-bond donors (Lipinski definition) is 0. The summed E-state index contributed by atoms with van der Waals surface area (Å²) >= 11 is 0. The van der Waals surface area contributed by atoms with Gasteiger partial charge in [0.15, 0.2) is 23.7 Å². The van der Waals surface area contributed by atoms with E-state index in [2.05, 4.69) is 0 Å². The zero-order chi connectivity index (χ0) is 24.7. The predicted molar refractivity (Wildman–Crippen MR) is 123 cm³/mol. The number of carbonyl (C=O) groups excluding carboxylic acids is 3. The molecular formula is C26H24O9. The summed E-state index contributed by atoms with van der Waals surface area (Å²) in [6.45, 7) is 3.50. The first-order valence-corrected chi connectivity index (χ1v) is 11.2. The van der Waals surface area contributed by atoms with Crippen LogP contribution < -0.4 is 9.47 Å². The fourth-order valence-electron chi connectivity index (χ4n) is 4.65. The molecule has 182 valence electrons. The van der Waals surface area contributed by atoms with Crippen molar-refractivity contribution in [1.29, 1.82) is 0 Å². The molecule has 2 heterocycles. The highest BCUT2D eigenvalue weighted by atomic mass is 16.7. The van der Waals surface area contributed by atoms with Crippen LogP contribution >= 0.6 is 0 Å². The Labute approximate surface area is 200 Å². The minimum absolute atomic E-state index is 0.233. The molecule has 35 heavy (non-hydrogen) atoms. The van der Waals surface area contributed by atoms with E-state index in [0.717, 1.165) is 21.5 Å². The quantitative estimate of drug-likeness (QED) is 0.316. The van der Waals surface area contributed by atoms with E-state index in [9.17, 15) is 14.4 Å². The van der Waals surface area contributed by atoms with E-state index >= 15 is 0 Å². The molecule has 0 bridgehead atoms. The third-order valence-corrected chi connectivity index (χ3v) is 5.97. The predicted octanol–water partition coefficient (Wildman–Crippen LogP) is 3.28. The fraction of sp³-hybridized carbons (Fsp3) is 0.346. The third-order valence-electron chi connectivity index (χ3n) is 5.97. The fourth-order valence-corrected chi connectivity index (χ4v) is 4.65. The first-order chi connectivity index (χ1) is 16.8. The average molecular weight is 480 g/mol. The number of carbonyl (C=O) groups is 3. The second kappa shape index (κ2) is 9.07. The Kier molecular flexibility index (Phi) is 5.94. The Morgan fingerprint density at radius 3 is 1.77 bits per heavy atom.